The predicted molar refractivity (Wildman–Crippen MR) is 65.9 cm³/mol. The molecule has 80 valence electrons. The zero-order valence-electron chi connectivity index (χ0n) is 8.45. The van der Waals surface area contributed by atoms with Gasteiger partial charge in [0, 0.05) is 12.6 Å². The molecule has 0 saturated carbocycles. The van der Waals surface area contributed by atoms with E-state index in [2.05, 4.69) is 32.8 Å². The minimum absolute atomic E-state index is 0.296. The molecule has 0 spiro atoms. The third-order valence-electron chi connectivity index (χ3n) is 2.37. The molecule has 1 unspecified atom stereocenters. The highest BCUT2D eigenvalue weighted by atomic mass is 127. The van der Waals surface area contributed by atoms with Crippen LogP contribution in [-0.4, -0.2) is 25.1 Å². The van der Waals surface area contributed by atoms with Gasteiger partial charge in [-0.05, 0) is 12.1 Å². The Balaban J connectivity index is 2.37. The Morgan fingerprint density at radius 2 is 2.33 bits per heavy atom. The fourth-order valence-electron chi connectivity index (χ4n) is 1.56. The molecule has 2 rings (SSSR count). The van der Waals surface area contributed by atoms with Crippen LogP contribution in [-0.2, 0) is 4.74 Å². The first-order valence-corrected chi connectivity index (χ1v) is 5.74. The topological polar surface area (TPSA) is 41.6 Å². The Labute approximate surface area is 102 Å². The molecule has 1 aromatic rings. The fraction of sp³-hybridized carbons (Fsp3) is 0.300. The number of rotatable bonds is 1. The lowest BCUT2D eigenvalue weighted by atomic mass is 10.1. The summed E-state index contributed by atoms with van der Waals surface area (Å²) in [6.45, 7) is 0. The van der Waals surface area contributed by atoms with E-state index in [0.29, 0.717) is 9.61 Å². The van der Waals surface area contributed by atoms with Gasteiger partial charge < -0.3 is 10.2 Å². The number of halogens is 1. The molecular formula is C10H11IN2O2. The van der Waals surface area contributed by atoms with E-state index in [1.54, 1.807) is 6.07 Å². The molecule has 0 fully saturated rings. The van der Waals surface area contributed by atoms with E-state index in [1.165, 1.54) is 12.7 Å². The van der Waals surface area contributed by atoms with Crippen LogP contribution < -0.4 is 5.43 Å². The van der Waals surface area contributed by atoms with E-state index >= 15 is 0 Å². The number of anilines is 1. The van der Waals surface area contributed by atoms with Gasteiger partial charge in [-0.3, -0.25) is 0 Å². The van der Waals surface area contributed by atoms with E-state index in [1.807, 2.05) is 24.2 Å². The average Bonchev–Trinajstić information content (AvgIpc) is 2.53. The Morgan fingerprint density at radius 3 is 3.00 bits per heavy atom. The van der Waals surface area contributed by atoms with E-state index in [4.69, 9.17) is 0 Å². The molecule has 1 heterocycles. The molecule has 15 heavy (non-hydrogen) atoms. The summed E-state index contributed by atoms with van der Waals surface area (Å²) in [5.41, 5.74) is 5.91. The summed E-state index contributed by atoms with van der Waals surface area (Å²) < 4.78 is 4.96. The SMILES string of the molecule is COC(=O)c1ccc2c(c1)NN(C)C2I. The Morgan fingerprint density at radius 1 is 1.60 bits per heavy atom. The third kappa shape index (κ3) is 1.81. The van der Waals surface area contributed by atoms with Gasteiger partial charge in [-0.1, -0.05) is 28.7 Å². The smallest absolute Gasteiger partial charge is 0.337 e. The fourth-order valence-corrected chi connectivity index (χ4v) is 2.24. The zero-order chi connectivity index (χ0) is 11.0. The van der Waals surface area contributed by atoms with Crippen LogP contribution >= 0.6 is 22.6 Å². The highest BCUT2D eigenvalue weighted by Crippen LogP contribution is 2.38. The standard InChI is InChI=1S/C10H11IN2O2/c1-13-9(11)7-4-3-6(10(14)15-2)5-8(7)12-13/h3-5,9,12H,1-2H3. The number of benzene rings is 1. The number of carbonyl (C=O) groups excluding carboxylic acids is 1. The second-order valence-electron chi connectivity index (χ2n) is 3.35. The minimum atomic E-state index is -0.306. The van der Waals surface area contributed by atoms with Crippen LogP contribution in [0, 0.1) is 0 Å². The van der Waals surface area contributed by atoms with Crippen LogP contribution in [0.3, 0.4) is 0 Å². The van der Waals surface area contributed by atoms with Crippen molar-refractivity contribution in [1.29, 1.82) is 0 Å². The van der Waals surface area contributed by atoms with Gasteiger partial charge in [0.25, 0.3) is 0 Å². The Kier molecular flexibility index (Phi) is 2.83. The maximum atomic E-state index is 11.3. The molecule has 1 aliphatic rings. The van der Waals surface area contributed by atoms with Gasteiger partial charge in [-0.25, -0.2) is 9.80 Å². The van der Waals surface area contributed by atoms with Crippen LogP contribution in [0.1, 0.15) is 20.0 Å². The van der Waals surface area contributed by atoms with Crippen LogP contribution in [0.15, 0.2) is 18.2 Å². The lowest BCUT2D eigenvalue weighted by molar-refractivity contribution is 0.0601. The number of esters is 1. The lowest BCUT2D eigenvalue weighted by Gasteiger charge is -2.12. The maximum Gasteiger partial charge on any atom is 0.337 e. The highest BCUT2D eigenvalue weighted by Gasteiger charge is 2.25. The van der Waals surface area contributed by atoms with E-state index in [-0.39, 0.29) is 5.97 Å². The molecule has 1 aliphatic heterocycles. The quantitative estimate of drug-likeness (QED) is 0.373. The molecule has 0 aliphatic carbocycles. The van der Waals surface area contributed by atoms with Crippen molar-refractivity contribution in [3.05, 3.63) is 29.3 Å². The second-order valence-corrected chi connectivity index (χ2v) is 4.53. The molecule has 5 heteroatoms. The Bertz CT molecular complexity index is 408. The summed E-state index contributed by atoms with van der Waals surface area (Å²) in [6, 6.07) is 5.56. The first-order valence-electron chi connectivity index (χ1n) is 4.49. The first-order chi connectivity index (χ1) is 7.13. The van der Waals surface area contributed by atoms with Gasteiger partial charge in [-0.15, -0.1) is 0 Å². The van der Waals surface area contributed by atoms with E-state index in [9.17, 15) is 4.79 Å². The number of hydrazine groups is 1. The van der Waals surface area contributed by atoms with Crippen molar-refractivity contribution in [1.82, 2.24) is 5.01 Å². The molecule has 0 aromatic heterocycles. The molecule has 1 aromatic carbocycles. The van der Waals surface area contributed by atoms with Crippen molar-refractivity contribution in [2.45, 2.75) is 4.05 Å². The largest absolute Gasteiger partial charge is 0.465 e. The summed E-state index contributed by atoms with van der Waals surface area (Å²) in [7, 11) is 3.35. The number of ether oxygens (including phenoxy) is 1. The van der Waals surface area contributed by atoms with E-state index in [0.717, 1.165) is 5.69 Å². The Hall–Kier alpha value is -0.820. The maximum absolute atomic E-state index is 11.3. The zero-order valence-corrected chi connectivity index (χ0v) is 10.6. The number of hydrogen-bond acceptors (Lipinski definition) is 4. The van der Waals surface area contributed by atoms with Gasteiger partial charge in [0.05, 0.1) is 18.4 Å². The predicted octanol–water partition coefficient (Wildman–Crippen LogP) is 2.18. The van der Waals surface area contributed by atoms with Crippen LogP contribution in [0.4, 0.5) is 5.69 Å². The lowest BCUT2D eigenvalue weighted by Crippen LogP contribution is -2.18. The number of methoxy groups -OCH3 is 1. The molecule has 1 atom stereocenters. The van der Waals surface area contributed by atoms with Gasteiger partial charge in [0.1, 0.15) is 4.05 Å². The van der Waals surface area contributed by atoms with Crippen LogP contribution in [0.5, 0.6) is 0 Å². The number of nitrogens with zero attached hydrogens (tertiary/aromatic N) is 1. The number of nitrogens with one attached hydrogen (secondary N) is 1. The molecule has 1 N–H and O–H groups in total. The molecular weight excluding hydrogens is 307 g/mol. The number of hydrogen-bond donors (Lipinski definition) is 1. The second kappa shape index (κ2) is 3.97. The molecule has 0 saturated heterocycles. The van der Waals surface area contributed by atoms with Gasteiger partial charge in [0.2, 0.25) is 0 Å². The van der Waals surface area contributed by atoms with Gasteiger partial charge in [-0.2, -0.15) is 0 Å². The van der Waals surface area contributed by atoms with Crippen molar-refractivity contribution in [2.24, 2.45) is 0 Å². The minimum Gasteiger partial charge on any atom is -0.465 e. The third-order valence-corrected chi connectivity index (χ3v) is 3.87. The van der Waals surface area contributed by atoms with Crippen molar-refractivity contribution in [3.63, 3.8) is 0 Å². The highest BCUT2D eigenvalue weighted by molar-refractivity contribution is 14.1. The van der Waals surface area contributed by atoms with Crippen molar-refractivity contribution >= 4 is 34.2 Å². The number of alkyl halides is 1. The average molecular weight is 318 g/mol. The summed E-state index contributed by atoms with van der Waals surface area (Å²) in [4.78, 5) is 11.3. The number of carbonyl (C=O) groups is 1. The van der Waals surface area contributed by atoms with Gasteiger partial charge in [0.15, 0.2) is 0 Å². The molecule has 4 nitrogen and oxygen atoms in total. The molecule has 0 bridgehead atoms. The normalized spacial score (nSPS) is 19.5. The first kappa shape index (κ1) is 10.7. The van der Waals surface area contributed by atoms with Crippen LogP contribution in [0.25, 0.3) is 0 Å². The molecule has 0 amide bonds. The molecule has 0 radical (unpaired) electrons. The van der Waals surface area contributed by atoms with Crippen molar-refractivity contribution in [2.75, 3.05) is 19.6 Å². The summed E-state index contributed by atoms with van der Waals surface area (Å²) in [5.74, 6) is -0.306. The summed E-state index contributed by atoms with van der Waals surface area (Å²) in [5, 5.41) is 1.99. The van der Waals surface area contributed by atoms with Crippen molar-refractivity contribution < 1.29 is 9.53 Å². The van der Waals surface area contributed by atoms with Crippen LogP contribution in [0.2, 0.25) is 0 Å². The summed E-state index contributed by atoms with van der Waals surface area (Å²) >= 11 is 2.34. The van der Waals surface area contributed by atoms with Gasteiger partial charge >= 0.3 is 5.97 Å². The van der Waals surface area contributed by atoms with E-state index < -0.39 is 0 Å². The monoisotopic (exact) mass is 318 g/mol. The number of fused-ring (bicyclic) bond motifs is 1. The summed E-state index contributed by atoms with van der Waals surface area (Å²) in [6.07, 6.45) is 0. The van der Waals surface area contributed by atoms with Crippen molar-refractivity contribution in [3.8, 4) is 0 Å².